The molecule has 0 saturated heterocycles. The van der Waals surface area contributed by atoms with Gasteiger partial charge in [0.1, 0.15) is 0 Å². The van der Waals surface area contributed by atoms with E-state index in [1.807, 2.05) is 13.0 Å². The molecule has 0 N–H and O–H groups in total. The van der Waals surface area contributed by atoms with Crippen LogP contribution >= 0.6 is 0 Å². The van der Waals surface area contributed by atoms with Crippen molar-refractivity contribution in [3.63, 3.8) is 0 Å². The van der Waals surface area contributed by atoms with Gasteiger partial charge in [0, 0.05) is 22.1 Å². The summed E-state index contributed by atoms with van der Waals surface area (Å²) in [5, 5.41) is 1.14. The van der Waals surface area contributed by atoms with E-state index in [2.05, 4.69) is 178 Å². The lowest BCUT2D eigenvalue weighted by molar-refractivity contribution is 0.746. The zero-order valence-electron chi connectivity index (χ0n) is 30.4. The van der Waals surface area contributed by atoms with Crippen LogP contribution in [0.1, 0.15) is 37.1 Å². The van der Waals surface area contributed by atoms with Gasteiger partial charge in [-0.05, 0) is 83.3 Å². The molecule has 1 aliphatic carbocycles. The van der Waals surface area contributed by atoms with Crippen LogP contribution in [-0.2, 0) is 0 Å². The molecule has 3 nitrogen and oxygen atoms in total. The third-order valence-electron chi connectivity index (χ3n) is 9.95. The number of nitrogens with zero attached hydrogens (tertiary/aromatic N) is 3. The molecule has 0 aliphatic heterocycles. The van der Waals surface area contributed by atoms with Crippen LogP contribution in [0.2, 0.25) is 0 Å². The van der Waals surface area contributed by atoms with Crippen LogP contribution in [0.15, 0.2) is 170 Å². The van der Waals surface area contributed by atoms with Crippen LogP contribution in [0.25, 0.3) is 78.7 Å². The van der Waals surface area contributed by atoms with Crippen LogP contribution in [0.4, 0.5) is 0 Å². The Bertz CT molecular complexity index is 2560. The van der Waals surface area contributed by atoms with Crippen LogP contribution in [0, 0.1) is 12.8 Å². The molecular weight excluding hydrogens is 643 g/mol. The van der Waals surface area contributed by atoms with E-state index in [1.54, 1.807) is 0 Å². The Morgan fingerprint density at radius 1 is 0.642 bits per heavy atom. The van der Waals surface area contributed by atoms with Gasteiger partial charge in [-0.3, -0.25) is 0 Å². The summed E-state index contributed by atoms with van der Waals surface area (Å²) >= 11 is 0. The Hall–Kier alpha value is -6.45. The number of fused-ring (bicyclic) bond motifs is 1. The van der Waals surface area contributed by atoms with Gasteiger partial charge in [-0.1, -0.05) is 165 Å². The molecule has 7 aromatic rings. The molecule has 0 bridgehead atoms. The fourth-order valence-electron chi connectivity index (χ4n) is 7.06. The minimum absolute atomic E-state index is 0.472. The van der Waals surface area contributed by atoms with Gasteiger partial charge in [0.2, 0.25) is 0 Å². The van der Waals surface area contributed by atoms with E-state index >= 15 is 0 Å². The number of pyridine rings is 1. The SMILES string of the molecule is C=C(C)/C=C\c1ccc2c(-c3ccccc3)cc(-c3ccc(-c4cccc(-c5nc(C6=CC=CC(C)C6)cc(-c6ccccc6)n5)c4)cc3)nc2c1C. The third kappa shape index (κ3) is 7.20. The summed E-state index contributed by atoms with van der Waals surface area (Å²) in [6.45, 7) is 10.5. The third-order valence-corrected chi connectivity index (χ3v) is 9.95. The van der Waals surface area contributed by atoms with Gasteiger partial charge in [0.25, 0.3) is 0 Å². The molecule has 3 heteroatoms. The summed E-state index contributed by atoms with van der Waals surface area (Å²) in [6, 6.07) is 47.0. The summed E-state index contributed by atoms with van der Waals surface area (Å²) in [5.74, 6) is 1.20. The van der Waals surface area contributed by atoms with Gasteiger partial charge in [0.05, 0.1) is 22.6 Å². The molecule has 8 rings (SSSR count). The average Bonchev–Trinajstić information content (AvgIpc) is 3.21. The van der Waals surface area contributed by atoms with Gasteiger partial charge in [-0.15, -0.1) is 0 Å². The van der Waals surface area contributed by atoms with Crippen molar-refractivity contribution < 1.29 is 0 Å². The Morgan fingerprint density at radius 2 is 1.28 bits per heavy atom. The van der Waals surface area contributed by atoms with Crippen molar-refractivity contribution in [3.05, 3.63) is 187 Å². The van der Waals surface area contributed by atoms with Gasteiger partial charge < -0.3 is 0 Å². The monoisotopic (exact) mass is 683 g/mol. The lowest BCUT2D eigenvalue weighted by atomic mass is 9.93. The molecule has 1 aliphatic rings. The minimum atomic E-state index is 0.472. The van der Waals surface area contributed by atoms with E-state index in [9.17, 15) is 0 Å². The lowest BCUT2D eigenvalue weighted by Gasteiger charge is -2.16. The zero-order chi connectivity index (χ0) is 36.3. The largest absolute Gasteiger partial charge is 0.247 e. The molecule has 0 spiro atoms. The highest BCUT2D eigenvalue weighted by Crippen LogP contribution is 2.36. The summed E-state index contributed by atoms with van der Waals surface area (Å²) < 4.78 is 0. The number of allylic oxidation sites excluding steroid dienone is 6. The van der Waals surface area contributed by atoms with E-state index in [-0.39, 0.29) is 0 Å². The van der Waals surface area contributed by atoms with Crippen molar-refractivity contribution in [3.8, 4) is 56.2 Å². The number of rotatable bonds is 8. The van der Waals surface area contributed by atoms with E-state index in [0.29, 0.717) is 5.92 Å². The molecule has 256 valence electrons. The second-order valence-corrected chi connectivity index (χ2v) is 14.0. The van der Waals surface area contributed by atoms with E-state index < -0.39 is 0 Å². The number of aromatic nitrogens is 3. The zero-order valence-corrected chi connectivity index (χ0v) is 30.4. The second kappa shape index (κ2) is 14.7. The maximum Gasteiger partial charge on any atom is 0.160 e. The van der Waals surface area contributed by atoms with Crippen molar-refractivity contribution in [1.29, 1.82) is 0 Å². The van der Waals surface area contributed by atoms with Crippen molar-refractivity contribution in [2.45, 2.75) is 27.2 Å². The van der Waals surface area contributed by atoms with E-state index in [1.165, 1.54) is 16.7 Å². The molecule has 0 saturated carbocycles. The predicted molar refractivity (Wildman–Crippen MR) is 224 cm³/mol. The molecular formula is C50H41N3. The minimum Gasteiger partial charge on any atom is -0.247 e. The fourth-order valence-corrected chi connectivity index (χ4v) is 7.06. The quantitative estimate of drug-likeness (QED) is 0.150. The molecule has 1 atom stereocenters. The maximum atomic E-state index is 5.28. The first-order valence-corrected chi connectivity index (χ1v) is 18.3. The van der Waals surface area contributed by atoms with Crippen molar-refractivity contribution >= 4 is 22.6 Å². The van der Waals surface area contributed by atoms with Crippen LogP contribution in [0.3, 0.4) is 0 Å². The first-order valence-electron chi connectivity index (χ1n) is 18.3. The number of hydrogen-bond donors (Lipinski definition) is 0. The van der Waals surface area contributed by atoms with E-state index in [0.717, 1.165) is 84.7 Å². The molecule has 0 fully saturated rings. The van der Waals surface area contributed by atoms with Gasteiger partial charge in [-0.2, -0.15) is 0 Å². The first kappa shape index (κ1) is 33.7. The predicted octanol–water partition coefficient (Wildman–Crippen LogP) is 13.2. The van der Waals surface area contributed by atoms with Crippen LogP contribution in [-0.4, -0.2) is 15.0 Å². The lowest BCUT2D eigenvalue weighted by Crippen LogP contribution is -2.02. The summed E-state index contributed by atoms with van der Waals surface area (Å²) in [5.41, 5.74) is 16.1. The Balaban J connectivity index is 1.17. The van der Waals surface area contributed by atoms with Gasteiger partial charge in [-0.25, -0.2) is 15.0 Å². The molecule has 0 amide bonds. The highest BCUT2D eigenvalue weighted by Gasteiger charge is 2.16. The summed E-state index contributed by atoms with van der Waals surface area (Å²) in [7, 11) is 0. The number of benzene rings is 5. The summed E-state index contributed by atoms with van der Waals surface area (Å²) in [4.78, 5) is 15.5. The summed E-state index contributed by atoms with van der Waals surface area (Å²) in [6.07, 6.45) is 11.7. The highest BCUT2D eigenvalue weighted by atomic mass is 14.9. The molecule has 53 heavy (non-hydrogen) atoms. The van der Waals surface area contributed by atoms with Crippen molar-refractivity contribution in [2.75, 3.05) is 0 Å². The number of aryl methyl sites for hydroxylation is 1. The molecule has 2 heterocycles. The second-order valence-electron chi connectivity index (χ2n) is 14.0. The molecule has 5 aromatic carbocycles. The standard InChI is InChI=1S/C50H41N3/c1-33(2)21-22-36-27-28-44-45(38-14-7-5-8-15-38)31-46(51-49(44)35(36)4)40-25-23-37(24-26-40)41-18-12-20-43(30-41)50-52-47(39-16-9-6-10-17-39)32-48(53-50)42-19-11-13-34(3)29-42/h5-28,30-32,34H,1,29H2,2-4H3/b22-21-. The molecule has 2 aromatic heterocycles. The fraction of sp³-hybridized carbons (Fsp3) is 0.100. The van der Waals surface area contributed by atoms with Gasteiger partial charge in [0.15, 0.2) is 5.82 Å². The molecule has 0 radical (unpaired) electrons. The average molecular weight is 684 g/mol. The van der Waals surface area contributed by atoms with E-state index in [4.69, 9.17) is 15.0 Å². The first-order chi connectivity index (χ1) is 25.9. The smallest absolute Gasteiger partial charge is 0.160 e. The Morgan fingerprint density at radius 3 is 2.02 bits per heavy atom. The Kier molecular flexibility index (Phi) is 9.31. The highest BCUT2D eigenvalue weighted by molar-refractivity contribution is 5.99. The molecule has 1 unspecified atom stereocenters. The topological polar surface area (TPSA) is 38.7 Å². The normalized spacial score (nSPS) is 14.1. The Labute approximate surface area is 312 Å². The van der Waals surface area contributed by atoms with Crippen molar-refractivity contribution in [1.82, 2.24) is 15.0 Å². The maximum absolute atomic E-state index is 5.28. The van der Waals surface area contributed by atoms with Crippen LogP contribution < -0.4 is 0 Å². The van der Waals surface area contributed by atoms with Crippen LogP contribution in [0.5, 0.6) is 0 Å². The van der Waals surface area contributed by atoms with Crippen molar-refractivity contribution in [2.24, 2.45) is 5.92 Å². The number of hydrogen-bond acceptors (Lipinski definition) is 3. The van der Waals surface area contributed by atoms with Gasteiger partial charge >= 0.3 is 0 Å².